The molecule has 0 atom stereocenters. The van der Waals surface area contributed by atoms with Gasteiger partial charge in [-0.05, 0) is 38.0 Å². The highest BCUT2D eigenvalue weighted by atomic mass is 19.1. The first-order valence-corrected chi connectivity index (χ1v) is 12.3. The molecule has 0 saturated heterocycles. The Labute approximate surface area is 212 Å². The molecule has 0 fully saturated rings. The Morgan fingerprint density at radius 1 is 1.00 bits per heavy atom. The van der Waals surface area contributed by atoms with E-state index in [0.29, 0.717) is 42.5 Å². The third-order valence-electron chi connectivity index (χ3n) is 7.05. The molecule has 0 spiro atoms. The molecule has 0 aliphatic carbocycles. The van der Waals surface area contributed by atoms with Gasteiger partial charge >= 0.3 is 0 Å². The Hall–Kier alpha value is -3.58. The van der Waals surface area contributed by atoms with Gasteiger partial charge in [-0.15, -0.1) is 13.2 Å². The Bertz CT molecular complexity index is 1360. The molecule has 0 aliphatic heterocycles. The zero-order chi connectivity index (χ0) is 26.0. The summed E-state index contributed by atoms with van der Waals surface area (Å²) in [5.41, 5.74) is 5.10. The quantitative estimate of drug-likeness (QED) is 0.283. The second-order valence-electron chi connectivity index (χ2n) is 9.26. The van der Waals surface area contributed by atoms with Crippen LogP contribution in [0.3, 0.4) is 0 Å². The van der Waals surface area contributed by atoms with Crippen LogP contribution in [0, 0.1) is 19.7 Å². The number of benzene rings is 1. The first-order valence-electron chi connectivity index (χ1n) is 12.3. The number of pyridine rings is 1. The number of halogens is 1. The van der Waals surface area contributed by atoms with Crippen LogP contribution in [0.15, 0.2) is 55.9 Å². The molecule has 0 saturated carbocycles. The van der Waals surface area contributed by atoms with E-state index in [2.05, 4.69) is 37.2 Å². The van der Waals surface area contributed by atoms with Crippen LogP contribution in [0.1, 0.15) is 52.7 Å². The number of aromatic nitrogens is 5. The van der Waals surface area contributed by atoms with Gasteiger partial charge in [0.25, 0.3) is 0 Å². The van der Waals surface area contributed by atoms with Crippen LogP contribution in [0.4, 0.5) is 4.39 Å². The van der Waals surface area contributed by atoms with Gasteiger partial charge in [-0.2, -0.15) is 0 Å². The zero-order valence-electron chi connectivity index (χ0n) is 21.9. The summed E-state index contributed by atoms with van der Waals surface area (Å²) >= 11 is 0. The van der Waals surface area contributed by atoms with Crippen molar-refractivity contribution in [3.05, 3.63) is 102 Å². The first kappa shape index (κ1) is 25.5. The van der Waals surface area contributed by atoms with Crippen molar-refractivity contribution in [2.45, 2.75) is 39.7 Å². The lowest BCUT2D eigenvalue weighted by molar-refractivity contribution is 0.320. The molecule has 0 amide bonds. The van der Waals surface area contributed by atoms with Crippen LogP contribution in [0.25, 0.3) is 10.9 Å². The zero-order valence-corrected chi connectivity index (χ0v) is 21.9. The summed E-state index contributed by atoms with van der Waals surface area (Å²) in [6.45, 7) is 15.4. The topological polar surface area (TPSA) is 51.8 Å². The van der Waals surface area contributed by atoms with Crippen molar-refractivity contribution in [1.29, 1.82) is 0 Å². The average molecular weight is 487 g/mol. The Kier molecular flexibility index (Phi) is 7.50. The molecular weight excluding hydrogens is 451 g/mol. The van der Waals surface area contributed by atoms with Gasteiger partial charge in [0.1, 0.15) is 17.5 Å². The highest BCUT2D eigenvalue weighted by Gasteiger charge is 2.26. The molecular formula is C29H35FN6. The maximum Gasteiger partial charge on any atom is 0.138 e. The lowest BCUT2D eigenvalue weighted by Crippen LogP contribution is -2.25. The molecule has 1 aromatic carbocycles. The fraction of sp³-hybridized carbons (Fsp3) is 0.345. The number of rotatable bonds is 10. The molecule has 0 radical (unpaired) electrons. The summed E-state index contributed by atoms with van der Waals surface area (Å²) in [5.74, 6) is 1.47. The first-order chi connectivity index (χ1) is 17.3. The van der Waals surface area contributed by atoms with Crippen molar-refractivity contribution in [3.63, 3.8) is 0 Å². The van der Waals surface area contributed by atoms with Gasteiger partial charge in [0.15, 0.2) is 0 Å². The van der Waals surface area contributed by atoms with E-state index in [1.165, 1.54) is 0 Å². The van der Waals surface area contributed by atoms with E-state index in [1.807, 2.05) is 77.6 Å². The molecule has 188 valence electrons. The monoisotopic (exact) mass is 486 g/mol. The van der Waals surface area contributed by atoms with Gasteiger partial charge in [-0.3, -0.25) is 9.88 Å². The molecule has 7 heteroatoms. The molecule has 4 rings (SSSR count). The summed E-state index contributed by atoms with van der Waals surface area (Å²) in [7, 11) is 4.02. The molecule has 4 aromatic rings. The van der Waals surface area contributed by atoms with E-state index < -0.39 is 0 Å². The van der Waals surface area contributed by atoms with Crippen LogP contribution in [-0.2, 0) is 27.1 Å². The lowest BCUT2D eigenvalue weighted by Gasteiger charge is -2.22. The van der Waals surface area contributed by atoms with Crippen LogP contribution in [0.5, 0.6) is 0 Å². The molecule has 3 heterocycles. The Morgan fingerprint density at radius 2 is 1.58 bits per heavy atom. The third kappa shape index (κ3) is 4.63. The number of imidazole rings is 2. The summed E-state index contributed by atoms with van der Waals surface area (Å²) in [5, 5.41) is 0.527. The minimum Gasteiger partial charge on any atom is -0.334 e. The van der Waals surface area contributed by atoms with E-state index in [-0.39, 0.29) is 11.7 Å². The van der Waals surface area contributed by atoms with E-state index in [9.17, 15) is 0 Å². The van der Waals surface area contributed by atoms with E-state index >= 15 is 4.39 Å². The van der Waals surface area contributed by atoms with Crippen LogP contribution in [0.2, 0.25) is 0 Å². The van der Waals surface area contributed by atoms with Crippen LogP contribution < -0.4 is 0 Å². The average Bonchev–Trinajstić information content (AvgIpc) is 3.37. The molecule has 36 heavy (non-hydrogen) atoms. The predicted molar refractivity (Wildman–Crippen MR) is 144 cm³/mol. The fourth-order valence-electron chi connectivity index (χ4n) is 4.82. The minimum absolute atomic E-state index is 0.154. The van der Waals surface area contributed by atoms with E-state index in [0.717, 1.165) is 34.3 Å². The number of fused-ring (bicyclic) bond motifs is 1. The summed E-state index contributed by atoms with van der Waals surface area (Å²) in [6.07, 6.45) is 8.11. The largest absolute Gasteiger partial charge is 0.334 e. The van der Waals surface area contributed by atoms with Gasteiger partial charge in [-0.25, -0.2) is 14.4 Å². The van der Waals surface area contributed by atoms with Gasteiger partial charge in [-0.1, -0.05) is 25.1 Å². The molecule has 3 aromatic heterocycles. The number of hydrogen-bond acceptors (Lipinski definition) is 4. The highest BCUT2D eigenvalue weighted by molar-refractivity contribution is 5.81. The Morgan fingerprint density at radius 3 is 2.06 bits per heavy atom. The molecule has 0 unspecified atom stereocenters. The molecule has 6 nitrogen and oxygen atoms in total. The normalized spacial score (nSPS) is 11.7. The van der Waals surface area contributed by atoms with Gasteiger partial charge < -0.3 is 9.13 Å². The van der Waals surface area contributed by atoms with Gasteiger partial charge in [0.05, 0.1) is 22.8 Å². The predicted octanol–water partition coefficient (Wildman–Crippen LogP) is 5.37. The lowest BCUT2D eigenvalue weighted by atomic mass is 9.91. The SMILES string of the molecule is C=CCN(CC=C)Cc1c(CC)nc2ccc(C(c3cnc(C)n3C)c3cnc(C)n3C)cc2c1F. The van der Waals surface area contributed by atoms with Crippen molar-refractivity contribution < 1.29 is 4.39 Å². The molecule has 0 bridgehead atoms. The summed E-state index contributed by atoms with van der Waals surface area (Å²) in [4.78, 5) is 16.0. The fourth-order valence-corrected chi connectivity index (χ4v) is 4.82. The molecule has 0 N–H and O–H groups in total. The standard InChI is InChI=1S/C29H35FN6/c1-8-13-36(14-9-2)18-23-24(10-3)33-25-12-11-21(15-22(25)29(23)30)28(26-16-31-19(4)34(26)6)27-17-32-20(5)35(27)7/h8-9,11-12,15-17,28H,1-2,10,13-14,18H2,3-7H3. The van der Waals surface area contributed by atoms with Crippen LogP contribution >= 0.6 is 0 Å². The summed E-state index contributed by atoms with van der Waals surface area (Å²) in [6, 6.07) is 5.92. The van der Waals surface area contributed by atoms with Crippen molar-refractivity contribution in [3.8, 4) is 0 Å². The number of hydrogen-bond donors (Lipinski definition) is 0. The van der Waals surface area contributed by atoms with Crippen molar-refractivity contribution >= 4 is 10.9 Å². The Balaban J connectivity index is 1.90. The van der Waals surface area contributed by atoms with Gasteiger partial charge in [0, 0.05) is 62.8 Å². The number of aryl methyl sites for hydroxylation is 3. The van der Waals surface area contributed by atoms with E-state index in [1.54, 1.807) is 0 Å². The second-order valence-corrected chi connectivity index (χ2v) is 9.26. The highest BCUT2D eigenvalue weighted by Crippen LogP contribution is 2.35. The smallest absolute Gasteiger partial charge is 0.138 e. The second kappa shape index (κ2) is 10.6. The molecule has 0 aliphatic rings. The summed E-state index contributed by atoms with van der Waals surface area (Å²) < 4.78 is 20.4. The minimum atomic E-state index is -0.210. The van der Waals surface area contributed by atoms with Crippen molar-refractivity contribution in [1.82, 2.24) is 29.0 Å². The number of nitrogens with zero attached hydrogens (tertiary/aromatic N) is 6. The van der Waals surface area contributed by atoms with Crippen LogP contribution in [-0.4, -0.2) is 42.1 Å². The van der Waals surface area contributed by atoms with Crippen molar-refractivity contribution in [2.75, 3.05) is 13.1 Å². The van der Waals surface area contributed by atoms with Crippen molar-refractivity contribution in [2.24, 2.45) is 14.1 Å². The maximum atomic E-state index is 16.2. The maximum absolute atomic E-state index is 16.2. The van der Waals surface area contributed by atoms with E-state index in [4.69, 9.17) is 4.98 Å². The third-order valence-corrected chi connectivity index (χ3v) is 7.05. The van der Waals surface area contributed by atoms with Gasteiger partial charge in [0.2, 0.25) is 0 Å².